The van der Waals surface area contributed by atoms with Gasteiger partial charge in [-0.15, -0.1) is 0 Å². The molecule has 0 aliphatic carbocycles. The summed E-state index contributed by atoms with van der Waals surface area (Å²) in [5.74, 6) is -0.441. The van der Waals surface area contributed by atoms with Crippen LogP contribution in [0.25, 0.3) is 10.2 Å². The number of fused-ring (bicyclic) bond motifs is 1. The minimum Gasteiger partial charge on any atom is -0.489 e. The molecule has 0 spiro atoms. The molecular weight excluding hydrogens is 355 g/mol. The minimum atomic E-state index is -3.74. The highest BCUT2D eigenvalue weighted by molar-refractivity contribution is 7.89. The van der Waals surface area contributed by atoms with Crippen molar-refractivity contribution in [3.05, 3.63) is 57.9 Å². The number of hydrogen-bond donors (Lipinski definition) is 2. The third-order valence-electron chi connectivity index (χ3n) is 3.19. The van der Waals surface area contributed by atoms with Crippen LogP contribution in [0.3, 0.4) is 0 Å². The summed E-state index contributed by atoms with van der Waals surface area (Å²) in [4.78, 5) is 13.7. The van der Waals surface area contributed by atoms with E-state index in [1.807, 2.05) is 0 Å². The van der Waals surface area contributed by atoms with E-state index in [1.165, 1.54) is 36.4 Å². The molecule has 1 aromatic heterocycles. The van der Waals surface area contributed by atoms with Crippen molar-refractivity contribution in [2.24, 2.45) is 0 Å². The topological polar surface area (TPSA) is 88.3 Å². The number of para-hydroxylation sites is 1. The lowest BCUT2D eigenvalue weighted by Gasteiger charge is -2.09. The number of aromatic amines is 1. The van der Waals surface area contributed by atoms with Gasteiger partial charge in [-0.3, -0.25) is 4.79 Å². The largest absolute Gasteiger partial charge is 0.489 e. The zero-order valence-corrected chi connectivity index (χ0v) is 13.9. The average Bonchev–Trinajstić information content (AvgIpc) is 2.92. The van der Waals surface area contributed by atoms with E-state index in [4.69, 9.17) is 4.74 Å². The Morgan fingerprint density at radius 1 is 1.21 bits per heavy atom. The molecule has 3 rings (SSSR count). The van der Waals surface area contributed by atoms with Crippen molar-refractivity contribution in [1.29, 1.82) is 0 Å². The lowest BCUT2D eigenvalue weighted by atomic mass is 10.3. The lowest BCUT2D eigenvalue weighted by Crippen LogP contribution is -2.28. The number of nitrogens with one attached hydrogen (secondary N) is 2. The van der Waals surface area contributed by atoms with Gasteiger partial charge in [-0.2, -0.15) is 0 Å². The quantitative estimate of drug-likeness (QED) is 0.652. The second kappa shape index (κ2) is 6.71. The molecule has 0 radical (unpaired) electrons. The van der Waals surface area contributed by atoms with E-state index in [9.17, 15) is 17.6 Å². The molecular formula is C15H13FN2O4S2. The maximum Gasteiger partial charge on any atom is 0.305 e. The highest BCUT2D eigenvalue weighted by Gasteiger charge is 2.15. The van der Waals surface area contributed by atoms with E-state index < -0.39 is 15.8 Å². The molecule has 2 N–H and O–H groups in total. The average molecular weight is 368 g/mol. The Hall–Kier alpha value is -2.23. The molecule has 24 heavy (non-hydrogen) atoms. The number of benzene rings is 2. The van der Waals surface area contributed by atoms with Crippen LogP contribution in [0.1, 0.15) is 0 Å². The minimum absolute atomic E-state index is 0.0140. The van der Waals surface area contributed by atoms with Gasteiger partial charge in [0.05, 0.1) is 15.1 Å². The van der Waals surface area contributed by atoms with Gasteiger partial charge in [0, 0.05) is 6.54 Å². The summed E-state index contributed by atoms with van der Waals surface area (Å²) in [7, 11) is -3.74. The summed E-state index contributed by atoms with van der Waals surface area (Å²) in [6, 6.07) is 10.3. The molecule has 0 aliphatic rings. The highest BCUT2D eigenvalue weighted by atomic mass is 32.2. The maximum atomic E-state index is 13.4. The van der Waals surface area contributed by atoms with E-state index in [2.05, 4.69) is 9.71 Å². The summed E-state index contributed by atoms with van der Waals surface area (Å²) in [6.45, 7) is -0.0298. The van der Waals surface area contributed by atoms with Crippen LogP contribution in [0.5, 0.6) is 5.75 Å². The third kappa shape index (κ3) is 3.64. The Morgan fingerprint density at radius 2 is 2.00 bits per heavy atom. The van der Waals surface area contributed by atoms with Crippen molar-refractivity contribution in [2.75, 3.05) is 13.2 Å². The number of hydrogen-bond acceptors (Lipinski definition) is 5. The van der Waals surface area contributed by atoms with Crippen molar-refractivity contribution < 1.29 is 17.5 Å². The Labute approximate surface area is 141 Å². The number of sulfonamides is 1. The van der Waals surface area contributed by atoms with Crippen LogP contribution in [0.15, 0.2) is 52.2 Å². The second-order valence-electron chi connectivity index (χ2n) is 4.85. The number of aromatic nitrogens is 1. The molecule has 0 saturated heterocycles. The molecule has 0 atom stereocenters. The van der Waals surface area contributed by atoms with Crippen LogP contribution < -0.4 is 14.3 Å². The lowest BCUT2D eigenvalue weighted by molar-refractivity contribution is 0.306. The Kier molecular flexibility index (Phi) is 4.65. The fraction of sp³-hybridized carbons (Fsp3) is 0.133. The smallest absolute Gasteiger partial charge is 0.305 e. The van der Waals surface area contributed by atoms with Crippen LogP contribution in [0.2, 0.25) is 0 Å². The summed E-state index contributed by atoms with van der Waals surface area (Å²) in [6.07, 6.45) is 0. The predicted molar refractivity (Wildman–Crippen MR) is 89.5 cm³/mol. The number of ether oxygens (including phenoxy) is 1. The molecule has 0 fully saturated rings. The summed E-state index contributed by atoms with van der Waals surface area (Å²) < 4.78 is 46.0. The monoisotopic (exact) mass is 368 g/mol. The van der Waals surface area contributed by atoms with E-state index >= 15 is 0 Å². The van der Waals surface area contributed by atoms with Gasteiger partial charge in [0.1, 0.15) is 6.61 Å². The molecule has 0 saturated carbocycles. The molecule has 3 aromatic rings. The fourth-order valence-electron chi connectivity index (χ4n) is 2.08. The third-order valence-corrected chi connectivity index (χ3v) is 5.49. The van der Waals surface area contributed by atoms with Crippen molar-refractivity contribution in [1.82, 2.24) is 9.71 Å². The van der Waals surface area contributed by atoms with E-state index in [0.717, 1.165) is 11.3 Å². The number of rotatable bonds is 6. The molecule has 0 aliphatic heterocycles. The van der Waals surface area contributed by atoms with Gasteiger partial charge in [0.15, 0.2) is 11.6 Å². The second-order valence-corrected chi connectivity index (χ2v) is 7.63. The van der Waals surface area contributed by atoms with E-state index in [-0.39, 0.29) is 28.7 Å². The van der Waals surface area contributed by atoms with Crippen molar-refractivity contribution in [3.63, 3.8) is 0 Å². The predicted octanol–water partition coefficient (Wildman–Crippen LogP) is 2.09. The number of halogens is 1. The Balaban J connectivity index is 1.64. The van der Waals surface area contributed by atoms with Crippen molar-refractivity contribution >= 4 is 31.6 Å². The maximum absolute atomic E-state index is 13.4. The number of thiazole rings is 1. The first-order valence-electron chi connectivity index (χ1n) is 6.95. The summed E-state index contributed by atoms with van der Waals surface area (Å²) in [5, 5.41) is 0. The van der Waals surface area contributed by atoms with Gasteiger partial charge < -0.3 is 9.72 Å². The van der Waals surface area contributed by atoms with Crippen molar-refractivity contribution in [2.45, 2.75) is 4.90 Å². The van der Waals surface area contributed by atoms with Gasteiger partial charge in [0.25, 0.3) is 0 Å². The molecule has 2 aromatic carbocycles. The van der Waals surface area contributed by atoms with Crippen LogP contribution in [0.4, 0.5) is 4.39 Å². The SMILES string of the molecule is O=c1[nH]c2ccc(S(=O)(=O)NCCOc3ccccc3F)cc2s1. The van der Waals surface area contributed by atoms with Gasteiger partial charge in [-0.05, 0) is 30.3 Å². The molecule has 126 valence electrons. The van der Waals surface area contributed by atoms with Crippen LogP contribution in [-0.2, 0) is 10.0 Å². The molecule has 0 unspecified atom stereocenters. The van der Waals surface area contributed by atoms with Crippen LogP contribution >= 0.6 is 11.3 Å². The Morgan fingerprint density at radius 3 is 2.79 bits per heavy atom. The molecule has 9 heteroatoms. The van der Waals surface area contributed by atoms with Gasteiger partial charge >= 0.3 is 4.87 Å². The van der Waals surface area contributed by atoms with Gasteiger partial charge in [-0.1, -0.05) is 23.5 Å². The Bertz CT molecular complexity index is 1030. The first-order valence-corrected chi connectivity index (χ1v) is 9.25. The van der Waals surface area contributed by atoms with Crippen molar-refractivity contribution in [3.8, 4) is 5.75 Å². The molecule has 1 heterocycles. The fourth-order valence-corrected chi connectivity index (χ4v) is 3.96. The standard InChI is InChI=1S/C15H13FN2O4S2/c16-11-3-1-2-4-13(11)22-8-7-17-24(20,21)10-5-6-12-14(9-10)23-15(19)18-12/h1-6,9,17H,7-8H2,(H,18,19). The van der Waals surface area contributed by atoms with E-state index in [0.29, 0.717) is 10.2 Å². The molecule has 0 amide bonds. The summed E-state index contributed by atoms with van der Waals surface area (Å²) >= 11 is 0.940. The molecule has 0 bridgehead atoms. The zero-order valence-electron chi connectivity index (χ0n) is 12.3. The molecule has 6 nitrogen and oxygen atoms in total. The van der Waals surface area contributed by atoms with Crippen LogP contribution in [-0.4, -0.2) is 26.6 Å². The van der Waals surface area contributed by atoms with Gasteiger partial charge in [0.2, 0.25) is 10.0 Å². The first kappa shape index (κ1) is 16.6. The first-order chi connectivity index (χ1) is 11.5. The normalized spacial score (nSPS) is 11.7. The van der Waals surface area contributed by atoms with Gasteiger partial charge in [-0.25, -0.2) is 17.5 Å². The van der Waals surface area contributed by atoms with Crippen LogP contribution in [0, 0.1) is 5.82 Å². The highest BCUT2D eigenvalue weighted by Crippen LogP contribution is 2.19. The summed E-state index contributed by atoms with van der Waals surface area (Å²) in [5.41, 5.74) is 0.590. The number of H-pyrrole nitrogens is 1. The zero-order chi connectivity index (χ0) is 17.2. The van der Waals surface area contributed by atoms with E-state index in [1.54, 1.807) is 6.07 Å².